The van der Waals surface area contributed by atoms with E-state index in [1.54, 1.807) is 22.8 Å². The lowest BCUT2D eigenvalue weighted by atomic mass is 9.84. The normalized spacial score (nSPS) is 17.3. The van der Waals surface area contributed by atoms with Gasteiger partial charge in [0.1, 0.15) is 11.5 Å². The Morgan fingerprint density at radius 3 is 2.14 bits per heavy atom. The molecule has 1 aliphatic heterocycles. The summed E-state index contributed by atoms with van der Waals surface area (Å²) in [5, 5.41) is 11.1. The smallest absolute Gasteiger partial charge is 0.271 e. The molecule has 218 valence electrons. The van der Waals surface area contributed by atoms with Crippen LogP contribution in [0.15, 0.2) is 99.4 Å². The summed E-state index contributed by atoms with van der Waals surface area (Å²) in [6.45, 7) is 5.12. The van der Waals surface area contributed by atoms with Crippen molar-refractivity contribution in [2.75, 3.05) is 13.2 Å². The Morgan fingerprint density at radius 1 is 0.907 bits per heavy atom. The van der Waals surface area contributed by atoms with Crippen molar-refractivity contribution in [1.29, 1.82) is 0 Å². The fourth-order valence-electron chi connectivity index (χ4n) is 5.64. The zero-order valence-corrected chi connectivity index (χ0v) is 24.8. The average Bonchev–Trinajstić information content (AvgIpc) is 3.32. The Morgan fingerprint density at radius 2 is 1.51 bits per heavy atom. The predicted octanol–water partition coefficient (Wildman–Crippen LogP) is 6.19. The van der Waals surface area contributed by atoms with Gasteiger partial charge in [-0.3, -0.25) is 19.5 Å². The van der Waals surface area contributed by atoms with Crippen molar-refractivity contribution in [3.05, 3.63) is 136 Å². The van der Waals surface area contributed by atoms with Gasteiger partial charge in [0.15, 0.2) is 4.80 Å². The third-order valence-corrected chi connectivity index (χ3v) is 8.56. The summed E-state index contributed by atoms with van der Waals surface area (Å²) in [7, 11) is 0. The maximum atomic E-state index is 14.0. The number of thiazole rings is 1. The van der Waals surface area contributed by atoms with Gasteiger partial charge in [-0.05, 0) is 109 Å². The van der Waals surface area contributed by atoms with Crippen LogP contribution >= 0.6 is 11.3 Å². The minimum atomic E-state index is -0.433. The van der Waals surface area contributed by atoms with Crippen LogP contribution in [0.25, 0.3) is 12.2 Å². The SMILES string of the molecule is CCOc1ccc(C=C2CCCC3=C2N=c2sc(=Cc4ccc([N+](=O)[O-])cc4)c(=O)n2C3c2ccc(OCC)cc2)cc1. The van der Waals surface area contributed by atoms with Crippen molar-refractivity contribution in [2.45, 2.75) is 39.2 Å². The molecule has 8 nitrogen and oxygen atoms in total. The quantitative estimate of drug-likeness (QED) is 0.179. The van der Waals surface area contributed by atoms with Crippen LogP contribution in [-0.2, 0) is 0 Å². The van der Waals surface area contributed by atoms with Crippen LogP contribution in [-0.4, -0.2) is 22.7 Å². The number of nitro benzene ring substituents is 1. The van der Waals surface area contributed by atoms with E-state index >= 15 is 0 Å². The number of benzene rings is 3. The van der Waals surface area contributed by atoms with Gasteiger partial charge in [-0.1, -0.05) is 35.6 Å². The monoisotopic (exact) mass is 593 g/mol. The molecule has 1 aromatic heterocycles. The van der Waals surface area contributed by atoms with Crippen molar-refractivity contribution in [2.24, 2.45) is 4.99 Å². The molecule has 6 rings (SSSR count). The van der Waals surface area contributed by atoms with E-state index in [4.69, 9.17) is 14.5 Å². The maximum absolute atomic E-state index is 14.0. The van der Waals surface area contributed by atoms with Crippen LogP contribution in [0, 0.1) is 10.1 Å². The lowest BCUT2D eigenvalue weighted by Gasteiger charge is -2.31. The second-order valence-corrected chi connectivity index (χ2v) is 11.3. The summed E-state index contributed by atoms with van der Waals surface area (Å²) >= 11 is 1.34. The van der Waals surface area contributed by atoms with E-state index < -0.39 is 4.92 Å². The Bertz CT molecular complexity index is 1900. The average molecular weight is 594 g/mol. The predicted molar refractivity (Wildman–Crippen MR) is 168 cm³/mol. The molecule has 9 heteroatoms. The van der Waals surface area contributed by atoms with Crippen LogP contribution < -0.4 is 24.4 Å². The number of ether oxygens (including phenoxy) is 2. The molecule has 2 heterocycles. The first-order valence-electron chi connectivity index (χ1n) is 14.4. The van der Waals surface area contributed by atoms with Gasteiger partial charge in [0, 0.05) is 12.1 Å². The highest BCUT2D eigenvalue weighted by Crippen LogP contribution is 2.41. The fraction of sp³-hybridized carbons (Fsp3) is 0.235. The van der Waals surface area contributed by atoms with Gasteiger partial charge < -0.3 is 9.47 Å². The molecule has 1 unspecified atom stereocenters. The molecular formula is C34H31N3O5S. The molecule has 0 saturated heterocycles. The molecule has 4 aromatic rings. The van der Waals surface area contributed by atoms with Gasteiger partial charge in [-0.15, -0.1) is 0 Å². The minimum absolute atomic E-state index is 0.00799. The van der Waals surface area contributed by atoms with E-state index in [9.17, 15) is 14.9 Å². The Balaban J connectivity index is 1.49. The van der Waals surface area contributed by atoms with E-state index in [-0.39, 0.29) is 17.3 Å². The van der Waals surface area contributed by atoms with Crippen LogP contribution in [0.5, 0.6) is 11.5 Å². The van der Waals surface area contributed by atoms with Crippen LogP contribution in [0.3, 0.4) is 0 Å². The van der Waals surface area contributed by atoms with Crippen LogP contribution in [0.4, 0.5) is 5.69 Å². The second-order valence-electron chi connectivity index (χ2n) is 10.3. The van der Waals surface area contributed by atoms with Crippen LogP contribution in [0.1, 0.15) is 55.8 Å². The number of aromatic nitrogens is 1. The van der Waals surface area contributed by atoms with Crippen molar-refractivity contribution in [3.63, 3.8) is 0 Å². The lowest BCUT2D eigenvalue weighted by molar-refractivity contribution is -0.384. The van der Waals surface area contributed by atoms with Crippen LogP contribution in [0.2, 0.25) is 0 Å². The number of nitrogens with zero attached hydrogens (tertiary/aromatic N) is 3. The highest BCUT2D eigenvalue weighted by atomic mass is 32.1. The molecule has 1 atom stereocenters. The first-order valence-corrected chi connectivity index (χ1v) is 15.2. The van der Waals surface area contributed by atoms with E-state index in [1.807, 2.05) is 50.2 Å². The number of rotatable bonds is 8. The molecule has 0 bridgehead atoms. The largest absolute Gasteiger partial charge is 0.494 e. The number of allylic oxidation sites excluding steroid dienone is 2. The van der Waals surface area contributed by atoms with E-state index in [0.29, 0.717) is 28.1 Å². The van der Waals surface area contributed by atoms with E-state index in [1.165, 1.54) is 23.5 Å². The molecule has 0 radical (unpaired) electrons. The zero-order chi connectivity index (χ0) is 29.9. The van der Waals surface area contributed by atoms with Gasteiger partial charge >= 0.3 is 0 Å². The first kappa shape index (κ1) is 28.4. The molecule has 43 heavy (non-hydrogen) atoms. The van der Waals surface area contributed by atoms with E-state index in [2.05, 4.69) is 18.2 Å². The number of fused-ring (bicyclic) bond motifs is 1. The molecular weight excluding hydrogens is 562 g/mol. The van der Waals surface area contributed by atoms with Gasteiger partial charge in [-0.25, -0.2) is 4.99 Å². The minimum Gasteiger partial charge on any atom is -0.494 e. The molecule has 0 fully saturated rings. The third kappa shape index (κ3) is 5.81. The van der Waals surface area contributed by atoms with Gasteiger partial charge in [0.05, 0.1) is 34.4 Å². The molecule has 2 aliphatic rings. The number of hydrogen-bond acceptors (Lipinski definition) is 7. The topological polar surface area (TPSA) is 96.0 Å². The summed E-state index contributed by atoms with van der Waals surface area (Å²) in [6.07, 6.45) is 6.65. The van der Waals surface area contributed by atoms with Crippen molar-refractivity contribution < 1.29 is 14.4 Å². The number of hydrogen-bond donors (Lipinski definition) is 0. The summed E-state index contributed by atoms with van der Waals surface area (Å²) in [6, 6.07) is 21.9. The highest BCUT2D eigenvalue weighted by molar-refractivity contribution is 7.07. The maximum Gasteiger partial charge on any atom is 0.271 e. The molecule has 0 saturated carbocycles. The molecule has 3 aromatic carbocycles. The van der Waals surface area contributed by atoms with Crippen molar-refractivity contribution >= 4 is 29.2 Å². The standard InChI is InChI=1S/C34H31N3O5S/c1-3-41-27-16-10-22(11-17-27)20-25-6-5-7-29-31(25)35-34-36(32(29)24-12-18-28(19-13-24)42-4-2)33(38)30(43-34)21-23-8-14-26(15-9-23)37(39)40/h8-21,32H,3-7H2,1-2H3. The number of non-ortho nitro benzene ring substituents is 1. The lowest BCUT2D eigenvalue weighted by Crippen LogP contribution is -2.39. The number of nitro groups is 1. The summed E-state index contributed by atoms with van der Waals surface area (Å²) in [4.78, 5) is 30.4. The Labute approximate surface area is 252 Å². The second kappa shape index (κ2) is 12.2. The summed E-state index contributed by atoms with van der Waals surface area (Å²) in [5.74, 6) is 1.62. The first-order chi connectivity index (χ1) is 20.9. The molecule has 0 spiro atoms. The van der Waals surface area contributed by atoms with Crippen molar-refractivity contribution in [3.8, 4) is 11.5 Å². The van der Waals surface area contributed by atoms with Gasteiger partial charge in [-0.2, -0.15) is 0 Å². The molecule has 0 amide bonds. The third-order valence-electron chi connectivity index (χ3n) is 7.57. The Hall–Kier alpha value is -4.76. The zero-order valence-electron chi connectivity index (χ0n) is 24.0. The highest BCUT2D eigenvalue weighted by Gasteiger charge is 2.32. The van der Waals surface area contributed by atoms with Gasteiger partial charge in [0.25, 0.3) is 11.2 Å². The van der Waals surface area contributed by atoms with Crippen molar-refractivity contribution in [1.82, 2.24) is 4.57 Å². The summed E-state index contributed by atoms with van der Waals surface area (Å²) < 4.78 is 13.6. The fourth-order valence-corrected chi connectivity index (χ4v) is 6.64. The summed E-state index contributed by atoms with van der Waals surface area (Å²) in [5.41, 5.74) is 5.88. The molecule has 1 aliphatic carbocycles. The Kier molecular flexibility index (Phi) is 8.07. The van der Waals surface area contributed by atoms with E-state index in [0.717, 1.165) is 58.7 Å². The molecule has 0 N–H and O–H groups in total. The van der Waals surface area contributed by atoms with Gasteiger partial charge in [0.2, 0.25) is 0 Å².